The largest absolute Gasteiger partial charge is 0.444 e. The Morgan fingerprint density at radius 1 is 1.31 bits per heavy atom. The summed E-state index contributed by atoms with van der Waals surface area (Å²) in [5, 5.41) is 13.5. The number of hydrogen-bond acceptors (Lipinski definition) is 7. The number of nitrogens with one attached hydrogen (secondary N) is 3. The third-order valence-electron chi connectivity index (χ3n) is 5.02. The first-order chi connectivity index (χ1) is 13.9. The fourth-order valence-corrected chi connectivity index (χ4v) is 3.43. The van der Waals surface area contributed by atoms with E-state index in [1.807, 2.05) is 32.9 Å². The SMILES string of the molecule is CC(C)(C)OC(=O)NCC1CCN(c2nccc(Nc3cc(C4CC4)[nH]n3)n2)C1. The molecule has 0 bridgehead atoms. The minimum atomic E-state index is -0.485. The number of nitrogens with zero attached hydrogens (tertiary/aromatic N) is 4. The van der Waals surface area contributed by atoms with Gasteiger partial charge in [-0.05, 0) is 52.0 Å². The predicted octanol–water partition coefficient (Wildman–Crippen LogP) is 3.17. The molecule has 156 valence electrons. The van der Waals surface area contributed by atoms with Crippen LogP contribution >= 0.6 is 0 Å². The number of H-pyrrole nitrogens is 1. The van der Waals surface area contributed by atoms with Crippen LogP contribution < -0.4 is 15.5 Å². The molecule has 1 unspecified atom stereocenters. The number of aromatic amines is 1. The molecule has 1 aliphatic heterocycles. The van der Waals surface area contributed by atoms with Crippen LogP contribution in [0.15, 0.2) is 18.3 Å². The summed E-state index contributed by atoms with van der Waals surface area (Å²) < 4.78 is 5.30. The van der Waals surface area contributed by atoms with Gasteiger partial charge in [0.1, 0.15) is 11.4 Å². The van der Waals surface area contributed by atoms with E-state index >= 15 is 0 Å². The molecule has 1 aliphatic carbocycles. The van der Waals surface area contributed by atoms with E-state index in [2.05, 4.69) is 35.7 Å². The zero-order valence-corrected chi connectivity index (χ0v) is 17.2. The topological polar surface area (TPSA) is 108 Å². The van der Waals surface area contributed by atoms with Crippen LogP contribution in [0.3, 0.4) is 0 Å². The third kappa shape index (κ3) is 5.36. The van der Waals surface area contributed by atoms with Gasteiger partial charge in [0.05, 0.1) is 0 Å². The zero-order chi connectivity index (χ0) is 20.4. The second-order valence-electron chi connectivity index (χ2n) is 8.83. The van der Waals surface area contributed by atoms with E-state index in [4.69, 9.17) is 4.74 Å². The molecule has 0 radical (unpaired) electrons. The van der Waals surface area contributed by atoms with Gasteiger partial charge in [-0.3, -0.25) is 5.10 Å². The fourth-order valence-electron chi connectivity index (χ4n) is 3.43. The van der Waals surface area contributed by atoms with Crippen molar-refractivity contribution in [2.24, 2.45) is 5.92 Å². The first-order valence-corrected chi connectivity index (χ1v) is 10.2. The minimum Gasteiger partial charge on any atom is -0.444 e. The maximum atomic E-state index is 11.8. The van der Waals surface area contributed by atoms with Crippen molar-refractivity contribution >= 4 is 23.7 Å². The maximum Gasteiger partial charge on any atom is 0.407 e. The van der Waals surface area contributed by atoms with Gasteiger partial charge in [-0.15, -0.1) is 0 Å². The fraction of sp³-hybridized carbons (Fsp3) is 0.600. The van der Waals surface area contributed by atoms with E-state index in [1.165, 1.54) is 18.5 Å². The van der Waals surface area contributed by atoms with Crippen LogP contribution in [0, 0.1) is 5.92 Å². The quantitative estimate of drug-likeness (QED) is 0.685. The summed E-state index contributed by atoms with van der Waals surface area (Å²) in [6.45, 7) is 7.82. The summed E-state index contributed by atoms with van der Waals surface area (Å²) in [6.07, 6.45) is 4.82. The Labute approximate surface area is 170 Å². The van der Waals surface area contributed by atoms with E-state index in [0.29, 0.717) is 24.3 Å². The van der Waals surface area contributed by atoms with Crippen molar-refractivity contribution in [1.29, 1.82) is 0 Å². The standard InChI is InChI=1S/C20H29N7O2/c1-20(2,3)29-19(28)22-11-13-7-9-27(12-13)18-21-8-6-16(24-18)23-17-10-15(25-26-17)14-4-5-14/h6,8,10,13-14H,4-5,7,9,11-12H2,1-3H3,(H,22,28)(H2,21,23,24,25,26). The Kier molecular flexibility index (Phi) is 5.29. The van der Waals surface area contributed by atoms with Crippen LogP contribution in [0.1, 0.15) is 51.6 Å². The average molecular weight is 399 g/mol. The highest BCUT2D eigenvalue weighted by atomic mass is 16.6. The summed E-state index contributed by atoms with van der Waals surface area (Å²) in [6, 6.07) is 3.89. The highest BCUT2D eigenvalue weighted by Gasteiger charge is 2.27. The van der Waals surface area contributed by atoms with Crippen LogP contribution in [0.5, 0.6) is 0 Å². The Morgan fingerprint density at radius 2 is 2.14 bits per heavy atom. The maximum absolute atomic E-state index is 11.8. The summed E-state index contributed by atoms with van der Waals surface area (Å²) >= 11 is 0. The third-order valence-corrected chi connectivity index (χ3v) is 5.02. The van der Waals surface area contributed by atoms with Gasteiger partial charge in [0.15, 0.2) is 5.82 Å². The number of carbonyl (C=O) groups is 1. The number of hydrogen-bond donors (Lipinski definition) is 3. The van der Waals surface area contributed by atoms with Crippen molar-refractivity contribution in [3.63, 3.8) is 0 Å². The molecule has 3 N–H and O–H groups in total. The zero-order valence-electron chi connectivity index (χ0n) is 17.2. The Hall–Kier alpha value is -2.84. The second-order valence-corrected chi connectivity index (χ2v) is 8.83. The second kappa shape index (κ2) is 7.88. The lowest BCUT2D eigenvalue weighted by Gasteiger charge is -2.21. The van der Waals surface area contributed by atoms with E-state index in [-0.39, 0.29) is 6.09 Å². The first-order valence-electron chi connectivity index (χ1n) is 10.2. The van der Waals surface area contributed by atoms with Crippen LogP contribution in [0.4, 0.5) is 22.4 Å². The summed E-state index contributed by atoms with van der Waals surface area (Å²) in [5.41, 5.74) is 0.697. The summed E-state index contributed by atoms with van der Waals surface area (Å²) in [4.78, 5) is 23.0. The molecule has 2 aliphatic rings. The molecular formula is C20H29N7O2. The van der Waals surface area contributed by atoms with E-state index in [9.17, 15) is 4.79 Å². The number of ether oxygens (including phenoxy) is 1. The number of rotatable bonds is 6. The molecule has 1 saturated carbocycles. The molecule has 1 amide bonds. The van der Waals surface area contributed by atoms with Gasteiger partial charge < -0.3 is 20.3 Å². The van der Waals surface area contributed by atoms with Crippen molar-refractivity contribution in [3.05, 3.63) is 24.0 Å². The number of amides is 1. The summed E-state index contributed by atoms with van der Waals surface area (Å²) in [7, 11) is 0. The van der Waals surface area contributed by atoms with Crippen LogP contribution in [-0.4, -0.2) is 51.5 Å². The van der Waals surface area contributed by atoms with Crippen LogP contribution in [0.2, 0.25) is 0 Å². The Balaban J connectivity index is 1.30. The number of carbonyl (C=O) groups excluding carboxylic acids is 1. The molecular weight excluding hydrogens is 370 g/mol. The molecule has 2 fully saturated rings. The molecule has 0 aromatic carbocycles. The van der Waals surface area contributed by atoms with Crippen molar-refractivity contribution in [3.8, 4) is 0 Å². The van der Waals surface area contributed by atoms with E-state index in [1.54, 1.807) is 6.20 Å². The van der Waals surface area contributed by atoms with Gasteiger partial charge >= 0.3 is 6.09 Å². The lowest BCUT2D eigenvalue weighted by atomic mass is 10.1. The summed E-state index contributed by atoms with van der Waals surface area (Å²) in [5.74, 6) is 3.16. The molecule has 2 aromatic heterocycles. The predicted molar refractivity (Wildman–Crippen MR) is 110 cm³/mol. The lowest BCUT2D eigenvalue weighted by molar-refractivity contribution is 0.0520. The molecule has 0 spiro atoms. The normalized spacial score (nSPS) is 19.3. The van der Waals surface area contributed by atoms with Gasteiger partial charge in [-0.1, -0.05) is 0 Å². The highest BCUT2D eigenvalue weighted by Crippen LogP contribution is 2.39. The molecule has 4 rings (SSSR count). The molecule has 1 atom stereocenters. The van der Waals surface area contributed by atoms with Crippen molar-refractivity contribution in [1.82, 2.24) is 25.5 Å². The minimum absolute atomic E-state index is 0.343. The number of alkyl carbamates (subject to hydrolysis) is 1. The molecule has 1 saturated heterocycles. The number of anilines is 3. The van der Waals surface area contributed by atoms with Gasteiger partial charge in [0.2, 0.25) is 5.95 Å². The van der Waals surface area contributed by atoms with Crippen molar-refractivity contribution in [2.75, 3.05) is 29.9 Å². The van der Waals surface area contributed by atoms with E-state index < -0.39 is 5.60 Å². The van der Waals surface area contributed by atoms with Crippen molar-refractivity contribution < 1.29 is 9.53 Å². The highest BCUT2D eigenvalue weighted by molar-refractivity contribution is 5.67. The molecule has 9 nitrogen and oxygen atoms in total. The molecule has 2 aromatic rings. The first kappa shape index (κ1) is 19.5. The van der Waals surface area contributed by atoms with E-state index in [0.717, 1.165) is 31.1 Å². The number of aromatic nitrogens is 4. The van der Waals surface area contributed by atoms with Gasteiger partial charge in [0, 0.05) is 43.5 Å². The average Bonchev–Trinajstić information content (AvgIpc) is 3.21. The Morgan fingerprint density at radius 3 is 2.90 bits per heavy atom. The molecule has 29 heavy (non-hydrogen) atoms. The van der Waals surface area contributed by atoms with Gasteiger partial charge in [-0.25, -0.2) is 9.78 Å². The van der Waals surface area contributed by atoms with Crippen molar-refractivity contribution in [2.45, 2.75) is 51.6 Å². The smallest absolute Gasteiger partial charge is 0.407 e. The monoisotopic (exact) mass is 399 g/mol. The Bertz CT molecular complexity index is 857. The lowest BCUT2D eigenvalue weighted by Crippen LogP contribution is -2.36. The van der Waals surface area contributed by atoms with Crippen LogP contribution in [-0.2, 0) is 4.74 Å². The van der Waals surface area contributed by atoms with Crippen LogP contribution in [0.25, 0.3) is 0 Å². The molecule has 9 heteroatoms. The van der Waals surface area contributed by atoms with Gasteiger partial charge in [-0.2, -0.15) is 10.1 Å². The van der Waals surface area contributed by atoms with Gasteiger partial charge in [0.25, 0.3) is 0 Å². The molecule has 3 heterocycles.